The molecule has 0 heterocycles. The Kier molecular flexibility index (Phi) is 7.67. The van der Waals surface area contributed by atoms with Crippen LogP contribution in [-0.4, -0.2) is 29.5 Å². The molecule has 1 aromatic carbocycles. The predicted molar refractivity (Wildman–Crippen MR) is 80.5 cm³/mol. The zero-order valence-electron chi connectivity index (χ0n) is 12.8. The van der Waals surface area contributed by atoms with Crippen LogP contribution in [0.1, 0.15) is 32.3 Å². The first-order chi connectivity index (χ1) is 10.6. The van der Waals surface area contributed by atoms with Gasteiger partial charge in [0, 0.05) is 0 Å². The van der Waals surface area contributed by atoms with Gasteiger partial charge in [0.1, 0.15) is 6.61 Å². The van der Waals surface area contributed by atoms with Gasteiger partial charge < -0.3 is 14.7 Å². The van der Waals surface area contributed by atoms with Crippen molar-refractivity contribution < 1.29 is 24.3 Å². The maximum absolute atomic E-state index is 12.1. The fourth-order valence-corrected chi connectivity index (χ4v) is 1.81. The fourth-order valence-electron chi connectivity index (χ4n) is 1.81. The number of hydrogen-bond acceptors (Lipinski definition) is 6. The molecule has 0 spiro atoms. The molecule has 0 radical (unpaired) electrons. The molecule has 120 valence electrons. The van der Waals surface area contributed by atoms with Crippen molar-refractivity contribution in [1.29, 1.82) is 0 Å². The molecule has 22 heavy (non-hydrogen) atoms. The van der Waals surface area contributed by atoms with Gasteiger partial charge in [0.05, 0.1) is 12.3 Å². The monoisotopic (exact) mass is 307 g/mol. The quantitative estimate of drug-likeness (QED) is 0.262. The van der Waals surface area contributed by atoms with Crippen LogP contribution >= 0.6 is 0 Å². The summed E-state index contributed by atoms with van der Waals surface area (Å²) in [7, 11) is 0. The van der Waals surface area contributed by atoms with Crippen LogP contribution in [0.15, 0.2) is 35.5 Å². The van der Waals surface area contributed by atoms with E-state index < -0.39 is 17.9 Å². The normalized spacial score (nSPS) is 12.5. The lowest BCUT2D eigenvalue weighted by Gasteiger charge is -2.14. The number of hydrogen-bond donors (Lipinski definition) is 1. The molecule has 0 aliphatic carbocycles. The minimum Gasteiger partial charge on any atom is -0.465 e. The summed E-state index contributed by atoms with van der Waals surface area (Å²) >= 11 is 0. The first-order valence-corrected chi connectivity index (χ1v) is 7.13. The lowest BCUT2D eigenvalue weighted by Crippen LogP contribution is -2.28. The van der Waals surface area contributed by atoms with Crippen molar-refractivity contribution in [3.8, 4) is 0 Å². The van der Waals surface area contributed by atoms with Crippen molar-refractivity contribution >= 4 is 17.7 Å². The van der Waals surface area contributed by atoms with E-state index in [-0.39, 0.29) is 19.6 Å². The number of esters is 2. The van der Waals surface area contributed by atoms with E-state index in [1.54, 1.807) is 13.8 Å². The summed E-state index contributed by atoms with van der Waals surface area (Å²) in [4.78, 5) is 24.0. The maximum atomic E-state index is 12.1. The molecule has 1 aromatic rings. The van der Waals surface area contributed by atoms with Crippen molar-refractivity contribution in [3.63, 3.8) is 0 Å². The van der Waals surface area contributed by atoms with Crippen LogP contribution in [0.2, 0.25) is 0 Å². The average Bonchev–Trinajstić information content (AvgIpc) is 2.54. The predicted octanol–water partition coefficient (Wildman–Crippen LogP) is 2.54. The molecule has 0 saturated carbocycles. The summed E-state index contributed by atoms with van der Waals surface area (Å²) in [5.41, 5.74) is 1.27. The Balaban J connectivity index is 2.64. The Morgan fingerprint density at radius 3 is 2.41 bits per heavy atom. The first-order valence-electron chi connectivity index (χ1n) is 7.13. The van der Waals surface area contributed by atoms with E-state index in [0.29, 0.717) is 12.1 Å². The molecule has 1 unspecified atom stereocenters. The fraction of sp³-hybridized carbons (Fsp3) is 0.438. The van der Waals surface area contributed by atoms with Gasteiger partial charge in [-0.15, -0.1) is 0 Å². The van der Waals surface area contributed by atoms with Crippen LogP contribution in [0, 0.1) is 5.92 Å². The summed E-state index contributed by atoms with van der Waals surface area (Å²) in [6.45, 7) is 3.57. The summed E-state index contributed by atoms with van der Waals surface area (Å²) in [6, 6.07) is 9.20. The molecule has 6 nitrogen and oxygen atoms in total. The van der Waals surface area contributed by atoms with Crippen LogP contribution in [0.25, 0.3) is 0 Å². The summed E-state index contributed by atoms with van der Waals surface area (Å²) < 4.78 is 10.1. The Morgan fingerprint density at radius 1 is 1.18 bits per heavy atom. The van der Waals surface area contributed by atoms with E-state index in [2.05, 4.69) is 5.16 Å². The van der Waals surface area contributed by atoms with Gasteiger partial charge in [0.25, 0.3) is 0 Å². The summed E-state index contributed by atoms with van der Waals surface area (Å²) in [5, 5.41) is 11.7. The van der Waals surface area contributed by atoms with Crippen LogP contribution in [0.3, 0.4) is 0 Å². The molecule has 1 atom stereocenters. The maximum Gasteiger partial charge on any atom is 0.320 e. The van der Waals surface area contributed by atoms with Crippen molar-refractivity contribution in [2.75, 3.05) is 6.61 Å². The molecule has 0 aliphatic rings. The molecule has 1 rings (SSSR count). The molecular weight excluding hydrogens is 286 g/mol. The van der Waals surface area contributed by atoms with Gasteiger partial charge in [-0.2, -0.15) is 0 Å². The first kappa shape index (κ1) is 17.7. The van der Waals surface area contributed by atoms with Gasteiger partial charge >= 0.3 is 11.9 Å². The van der Waals surface area contributed by atoms with E-state index >= 15 is 0 Å². The number of carbonyl (C=O) groups is 2. The Morgan fingerprint density at radius 2 is 1.82 bits per heavy atom. The third-order valence-electron chi connectivity index (χ3n) is 3.05. The Labute approximate surface area is 129 Å². The standard InChI is InChI=1S/C16H21NO5/c1-3-21-15(18)14(10-9-12(2)17-20)16(19)22-11-13-7-5-4-6-8-13/h4-8,14,20H,3,9-11H2,1-2H3/b17-12+. The Bertz CT molecular complexity index is 513. The molecule has 0 amide bonds. The third kappa shape index (κ3) is 5.95. The number of rotatable bonds is 8. The topological polar surface area (TPSA) is 85.2 Å². The van der Waals surface area contributed by atoms with Gasteiger partial charge in [-0.05, 0) is 32.3 Å². The van der Waals surface area contributed by atoms with Gasteiger partial charge in [-0.1, -0.05) is 35.5 Å². The van der Waals surface area contributed by atoms with Crippen LogP contribution in [-0.2, 0) is 25.7 Å². The van der Waals surface area contributed by atoms with E-state index in [9.17, 15) is 9.59 Å². The average molecular weight is 307 g/mol. The second-order valence-electron chi connectivity index (χ2n) is 4.77. The summed E-state index contributed by atoms with van der Waals surface area (Å²) in [5.74, 6) is -2.26. The smallest absolute Gasteiger partial charge is 0.320 e. The SMILES string of the molecule is CCOC(=O)C(CC/C(C)=N/O)C(=O)OCc1ccccc1. The van der Waals surface area contributed by atoms with Crippen molar-refractivity contribution in [1.82, 2.24) is 0 Å². The number of oxime groups is 1. The van der Waals surface area contributed by atoms with E-state index in [1.165, 1.54) is 0 Å². The minimum atomic E-state index is -1.01. The number of benzene rings is 1. The molecule has 0 aliphatic heterocycles. The number of carbonyl (C=O) groups excluding carboxylic acids is 2. The Hall–Kier alpha value is -2.37. The molecule has 0 saturated heterocycles. The van der Waals surface area contributed by atoms with E-state index in [4.69, 9.17) is 14.7 Å². The van der Waals surface area contributed by atoms with Crippen molar-refractivity contribution in [3.05, 3.63) is 35.9 Å². The molecular formula is C16H21NO5. The zero-order chi connectivity index (χ0) is 16.4. The van der Waals surface area contributed by atoms with Gasteiger partial charge in [0.2, 0.25) is 0 Å². The minimum absolute atomic E-state index is 0.0999. The number of ether oxygens (including phenoxy) is 2. The highest BCUT2D eigenvalue weighted by Gasteiger charge is 2.29. The molecule has 1 N–H and O–H groups in total. The van der Waals surface area contributed by atoms with E-state index in [1.807, 2.05) is 30.3 Å². The lowest BCUT2D eigenvalue weighted by molar-refractivity contribution is -0.162. The highest BCUT2D eigenvalue weighted by molar-refractivity contribution is 5.95. The molecule has 6 heteroatoms. The molecule has 0 aromatic heterocycles. The highest BCUT2D eigenvalue weighted by atomic mass is 16.6. The van der Waals surface area contributed by atoms with Crippen molar-refractivity contribution in [2.45, 2.75) is 33.3 Å². The molecule has 0 bridgehead atoms. The van der Waals surface area contributed by atoms with Gasteiger partial charge in [-0.3, -0.25) is 9.59 Å². The van der Waals surface area contributed by atoms with Crippen LogP contribution in [0.4, 0.5) is 0 Å². The lowest BCUT2D eigenvalue weighted by atomic mass is 10.0. The second-order valence-corrected chi connectivity index (χ2v) is 4.77. The number of nitrogens with zero attached hydrogens (tertiary/aromatic N) is 1. The van der Waals surface area contributed by atoms with Gasteiger partial charge in [0.15, 0.2) is 5.92 Å². The van der Waals surface area contributed by atoms with Crippen LogP contribution < -0.4 is 0 Å². The van der Waals surface area contributed by atoms with Crippen LogP contribution in [0.5, 0.6) is 0 Å². The molecule has 0 fully saturated rings. The van der Waals surface area contributed by atoms with Crippen molar-refractivity contribution in [2.24, 2.45) is 11.1 Å². The van der Waals surface area contributed by atoms with E-state index in [0.717, 1.165) is 5.56 Å². The zero-order valence-corrected chi connectivity index (χ0v) is 12.8. The highest BCUT2D eigenvalue weighted by Crippen LogP contribution is 2.14. The largest absolute Gasteiger partial charge is 0.465 e. The summed E-state index contributed by atoms with van der Waals surface area (Å²) in [6.07, 6.45) is 0.489. The van der Waals surface area contributed by atoms with Gasteiger partial charge in [-0.25, -0.2) is 0 Å². The third-order valence-corrected chi connectivity index (χ3v) is 3.05. The second kappa shape index (κ2) is 9.55.